The van der Waals surface area contributed by atoms with Crippen molar-refractivity contribution in [1.29, 1.82) is 0 Å². The first-order valence-corrected chi connectivity index (χ1v) is 9.47. The quantitative estimate of drug-likeness (QED) is 0.439. The highest BCUT2D eigenvalue weighted by Gasteiger charge is 2.41. The van der Waals surface area contributed by atoms with Gasteiger partial charge in [-0.25, -0.2) is 14.3 Å². The molecule has 1 fully saturated rings. The lowest BCUT2D eigenvalue weighted by Crippen LogP contribution is -2.34. The Morgan fingerprint density at radius 1 is 1.29 bits per heavy atom. The van der Waals surface area contributed by atoms with Gasteiger partial charge < -0.3 is 24.7 Å². The van der Waals surface area contributed by atoms with E-state index in [1.165, 1.54) is 31.7 Å². The summed E-state index contributed by atoms with van der Waals surface area (Å²) in [7, 11) is 1.20. The second kappa shape index (κ2) is 9.12. The van der Waals surface area contributed by atoms with Crippen LogP contribution in [0.15, 0.2) is 11.0 Å². The Kier molecular flexibility index (Phi) is 6.53. The molecule has 0 spiro atoms. The van der Waals surface area contributed by atoms with Crippen LogP contribution in [0, 0.1) is 0 Å². The van der Waals surface area contributed by atoms with Crippen LogP contribution < -0.4 is 11.4 Å². The second-order valence-electron chi connectivity index (χ2n) is 6.91. The topological polar surface area (TPSA) is 167 Å². The zero-order chi connectivity index (χ0) is 22.7. The third-order valence-corrected chi connectivity index (χ3v) is 4.70. The van der Waals surface area contributed by atoms with Gasteiger partial charge >= 0.3 is 23.6 Å². The second-order valence-corrected chi connectivity index (χ2v) is 6.91. The van der Waals surface area contributed by atoms with Crippen molar-refractivity contribution < 1.29 is 33.3 Å². The molecule has 1 saturated heterocycles. The van der Waals surface area contributed by atoms with Gasteiger partial charge in [-0.1, -0.05) is 0 Å². The average Bonchev–Trinajstić information content (AvgIpc) is 3.18. The maximum absolute atomic E-state index is 13.2. The lowest BCUT2D eigenvalue weighted by Gasteiger charge is -2.19. The zero-order valence-corrected chi connectivity index (χ0v) is 17.3. The monoisotopic (exact) mass is 437 g/mol. The number of ether oxygens (including phenoxy) is 4. The van der Waals surface area contributed by atoms with E-state index < -0.39 is 42.0 Å². The summed E-state index contributed by atoms with van der Waals surface area (Å²) < 4.78 is 23.3. The van der Waals surface area contributed by atoms with Crippen molar-refractivity contribution in [2.45, 2.75) is 51.7 Å². The molecule has 3 atom stereocenters. The summed E-state index contributed by atoms with van der Waals surface area (Å²) in [5.74, 6) is -1.73. The van der Waals surface area contributed by atoms with Crippen molar-refractivity contribution in [2.75, 3.05) is 19.5 Å². The van der Waals surface area contributed by atoms with Gasteiger partial charge in [0, 0.05) is 26.7 Å². The molecule has 13 heteroatoms. The van der Waals surface area contributed by atoms with Gasteiger partial charge in [-0.15, -0.1) is 0 Å². The van der Waals surface area contributed by atoms with Crippen LogP contribution in [0.25, 0.3) is 11.2 Å². The first-order chi connectivity index (χ1) is 14.7. The van der Waals surface area contributed by atoms with Crippen LogP contribution in [0.2, 0.25) is 0 Å². The van der Waals surface area contributed by atoms with Crippen LogP contribution >= 0.6 is 0 Å². The Balaban J connectivity index is 2.02. The number of imidazole rings is 1. The number of fused-ring (bicyclic) bond motifs is 1. The summed E-state index contributed by atoms with van der Waals surface area (Å²) in [6.07, 6.45) is -0.394. The van der Waals surface area contributed by atoms with Gasteiger partial charge in [-0.2, -0.15) is 4.98 Å². The van der Waals surface area contributed by atoms with E-state index in [-0.39, 0.29) is 36.7 Å². The highest BCUT2D eigenvalue weighted by Crippen LogP contribution is 2.34. The number of hydrogen-bond donors (Lipinski definition) is 1. The first-order valence-electron chi connectivity index (χ1n) is 9.47. The van der Waals surface area contributed by atoms with Gasteiger partial charge in [0.05, 0.1) is 26.0 Å². The number of carbonyl (C=O) groups is 3. The van der Waals surface area contributed by atoms with Crippen molar-refractivity contribution in [3.63, 3.8) is 0 Å². The maximum Gasteiger partial charge on any atom is 0.333 e. The molecule has 0 saturated carbocycles. The van der Waals surface area contributed by atoms with E-state index in [9.17, 15) is 19.2 Å². The highest BCUT2D eigenvalue weighted by molar-refractivity contribution is 5.76. The molecule has 1 aliphatic heterocycles. The molecule has 1 aliphatic rings. The van der Waals surface area contributed by atoms with Crippen molar-refractivity contribution in [3.8, 4) is 0 Å². The lowest BCUT2D eigenvalue weighted by molar-refractivity contribution is -0.152. The Labute approximate surface area is 176 Å². The fourth-order valence-corrected chi connectivity index (χ4v) is 3.43. The van der Waals surface area contributed by atoms with Crippen LogP contribution in [-0.2, 0) is 39.9 Å². The molecule has 2 N–H and O–H groups in total. The molecular weight excluding hydrogens is 414 g/mol. The number of methoxy groups -OCH3 is 1. The molecule has 0 radical (unpaired) electrons. The molecule has 0 bridgehead atoms. The molecule has 0 aliphatic carbocycles. The predicted molar refractivity (Wildman–Crippen MR) is 104 cm³/mol. The van der Waals surface area contributed by atoms with E-state index in [1.807, 2.05) is 0 Å². The number of nitrogen functional groups attached to an aromatic ring is 1. The highest BCUT2D eigenvalue weighted by atomic mass is 16.6. The van der Waals surface area contributed by atoms with E-state index in [0.29, 0.717) is 6.42 Å². The number of nitrogens with zero attached hydrogens (tertiary/aromatic N) is 4. The van der Waals surface area contributed by atoms with Crippen molar-refractivity contribution in [1.82, 2.24) is 19.1 Å². The van der Waals surface area contributed by atoms with Crippen molar-refractivity contribution in [2.24, 2.45) is 0 Å². The summed E-state index contributed by atoms with van der Waals surface area (Å²) in [6, 6.07) is 0. The van der Waals surface area contributed by atoms with Gasteiger partial charge in [0.2, 0.25) is 5.95 Å². The molecule has 0 amide bonds. The minimum absolute atomic E-state index is 0.0927. The number of esters is 3. The molecule has 31 heavy (non-hydrogen) atoms. The van der Waals surface area contributed by atoms with Crippen LogP contribution in [0.4, 0.5) is 5.95 Å². The van der Waals surface area contributed by atoms with Gasteiger partial charge in [0.25, 0.3) is 0 Å². The number of aromatic nitrogens is 4. The SMILES string of the molecule is COC(=O)Cn1c(=O)n([C@@H]2O[C@@H](CCOC(C)=O)C[C@H]2OC(C)=O)c2nc(N)ncc21. The Morgan fingerprint density at radius 3 is 2.68 bits per heavy atom. The lowest BCUT2D eigenvalue weighted by atomic mass is 10.1. The Morgan fingerprint density at radius 2 is 2.03 bits per heavy atom. The van der Waals surface area contributed by atoms with E-state index in [0.717, 1.165) is 4.57 Å². The van der Waals surface area contributed by atoms with Crippen LogP contribution in [-0.4, -0.2) is 62.9 Å². The van der Waals surface area contributed by atoms with Gasteiger partial charge in [-0.05, 0) is 0 Å². The van der Waals surface area contributed by atoms with Crippen LogP contribution in [0.3, 0.4) is 0 Å². The molecule has 3 rings (SSSR count). The van der Waals surface area contributed by atoms with Crippen LogP contribution in [0.5, 0.6) is 0 Å². The van der Waals surface area contributed by atoms with E-state index in [1.54, 1.807) is 0 Å². The number of anilines is 1. The third-order valence-electron chi connectivity index (χ3n) is 4.70. The average molecular weight is 437 g/mol. The summed E-state index contributed by atoms with van der Waals surface area (Å²) >= 11 is 0. The third kappa shape index (κ3) is 4.82. The minimum atomic E-state index is -1.03. The van der Waals surface area contributed by atoms with E-state index >= 15 is 0 Å². The molecule has 2 aromatic heterocycles. The number of carbonyl (C=O) groups excluding carboxylic acids is 3. The summed E-state index contributed by atoms with van der Waals surface area (Å²) in [5, 5.41) is 0. The molecule has 2 aromatic rings. The largest absolute Gasteiger partial charge is 0.468 e. The van der Waals surface area contributed by atoms with Crippen LogP contribution in [0.1, 0.15) is 32.9 Å². The zero-order valence-electron chi connectivity index (χ0n) is 17.3. The van der Waals surface area contributed by atoms with Crippen molar-refractivity contribution >= 4 is 35.0 Å². The van der Waals surface area contributed by atoms with Gasteiger partial charge in [0.15, 0.2) is 11.9 Å². The molecule has 13 nitrogen and oxygen atoms in total. The normalized spacial score (nSPS) is 20.5. The molecule has 0 unspecified atom stereocenters. The Bertz CT molecular complexity index is 1060. The molecule has 3 heterocycles. The number of rotatable bonds is 7. The number of hydrogen-bond acceptors (Lipinski definition) is 11. The predicted octanol–water partition coefficient (Wildman–Crippen LogP) is -0.479. The molecule has 168 valence electrons. The fraction of sp³-hybridized carbons (Fsp3) is 0.556. The first kappa shape index (κ1) is 22.2. The minimum Gasteiger partial charge on any atom is -0.468 e. The van der Waals surface area contributed by atoms with Gasteiger partial charge in [-0.3, -0.25) is 19.0 Å². The molecule has 0 aromatic carbocycles. The van der Waals surface area contributed by atoms with Gasteiger partial charge in [0.1, 0.15) is 18.2 Å². The fourth-order valence-electron chi connectivity index (χ4n) is 3.43. The standard InChI is InChI=1S/C18H23N5O8/c1-9(24)29-5-4-11-6-13(30-10(2)25)16(31-11)23-15-12(7-20-17(19)21-15)22(18(23)27)8-14(26)28-3/h7,11,13,16H,4-6,8H2,1-3H3,(H2,19,20,21)/t11-,13+,16+/m0/s1. The van der Waals surface area contributed by atoms with E-state index in [4.69, 9.17) is 19.9 Å². The summed E-state index contributed by atoms with van der Waals surface area (Å²) in [4.78, 5) is 55.7. The number of nitrogens with two attached hydrogens (primary N) is 1. The van der Waals surface area contributed by atoms with Crippen molar-refractivity contribution in [3.05, 3.63) is 16.7 Å². The van der Waals surface area contributed by atoms with E-state index in [2.05, 4.69) is 14.7 Å². The summed E-state index contributed by atoms with van der Waals surface area (Å²) in [6.45, 7) is 2.26. The smallest absolute Gasteiger partial charge is 0.333 e. The Hall–Kier alpha value is -3.48. The summed E-state index contributed by atoms with van der Waals surface area (Å²) in [5.41, 5.74) is 5.42. The maximum atomic E-state index is 13.2. The molecular formula is C18H23N5O8.